The van der Waals surface area contributed by atoms with Gasteiger partial charge in [-0.05, 0) is 99.7 Å². The number of ether oxygens (including phenoxy) is 2. The van der Waals surface area contributed by atoms with Crippen molar-refractivity contribution in [1.29, 1.82) is 0 Å². The summed E-state index contributed by atoms with van der Waals surface area (Å²) < 4.78 is 12.3. The summed E-state index contributed by atoms with van der Waals surface area (Å²) in [7, 11) is 1.62. The summed E-state index contributed by atoms with van der Waals surface area (Å²) in [4.78, 5) is 19.9. The average molecular weight is 502 g/mol. The van der Waals surface area contributed by atoms with Gasteiger partial charge in [0, 0.05) is 12.1 Å². The first-order chi connectivity index (χ1) is 12.6. The molecule has 1 saturated heterocycles. The second-order valence-electron chi connectivity index (χ2n) is 7.09. The number of nitrogens with zero attached hydrogens (tertiary/aromatic N) is 2. The van der Waals surface area contributed by atoms with Crippen molar-refractivity contribution in [3.05, 3.63) is 26.2 Å². The molecule has 27 heavy (non-hydrogen) atoms. The van der Waals surface area contributed by atoms with Gasteiger partial charge in [-0.15, -0.1) is 0 Å². The Bertz CT molecular complexity index is 773. The number of hydrogen-bond donors (Lipinski definition) is 0. The Balaban J connectivity index is 2.43. The topological polar surface area (TPSA) is 51.1 Å². The van der Waals surface area contributed by atoms with Gasteiger partial charge < -0.3 is 9.47 Å². The van der Waals surface area contributed by atoms with Crippen LogP contribution < -0.4 is 9.47 Å². The highest BCUT2D eigenvalue weighted by molar-refractivity contribution is 14.1. The van der Waals surface area contributed by atoms with Crippen molar-refractivity contribution in [3.8, 4) is 11.5 Å². The molecule has 1 fully saturated rings. The zero-order valence-corrected chi connectivity index (χ0v) is 19.8. The molecule has 0 radical (unpaired) electrons. The second-order valence-corrected chi connectivity index (χ2v) is 9.26. The zero-order chi connectivity index (χ0) is 20.3. The van der Waals surface area contributed by atoms with E-state index in [1.165, 1.54) is 11.8 Å². The number of rotatable bonds is 6. The van der Waals surface area contributed by atoms with Gasteiger partial charge in [0.15, 0.2) is 16.7 Å². The van der Waals surface area contributed by atoms with Crippen molar-refractivity contribution in [1.82, 2.24) is 4.90 Å². The molecule has 0 bridgehead atoms. The minimum absolute atomic E-state index is 0.00844. The van der Waals surface area contributed by atoms with Crippen LogP contribution in [0.5, 0.6) is 11.5 Å². The number of amidine groups is 1. The van der Waals surface area contributed by atoms with Crippen molar-refractivity contribution >= 4 is 51.5 Å². The summed E-state index contributed by atoms with van der Waals surface area (Å²) in [5, 5.41) is 0.762. The lowest BCUT2D eigenvalue weighted by atomic mass is 10.1. The van der Waals surface area contributed by atoms with Gasteiger partial charge in [-0.25, -0.2) is 0 Å². The lowest BCUT2D eigenvalue weighted by Crippen LogP contribution is -2.35. The SMILES string of the molecule is COc1cc(/C=C2/SC(=NC(C)C)N(C(C)C)C2=O)cc(I)c1OC(C)C. The van der Waals surface area contributed by atoms with Gasteiger partial charge in [0.25, 0.3) is 5.91 Å². The van der Waals surface area contributed by atoms with E-state index in [0.29, 0.717) is 10.7 Å². The van der Waals surface area contributed by atoms with Crippen LogP contribution in [0.15, 0.2) is 22.0 Å². The second kappa shape index (κ2) is 9.32. The Kier molecular flexibility index (Phi) is 7.62. The normalized spacial score (nSPS) is 17.9. The van der Waals surface area contributed by atoms with Gasteiger partial charge in [-0.1, -0.05) is 0 Å². The number of amides is 1. The van der Waals surface area contributed by atoms with Crippen LogP contribution in [0.2, 0.25) is 0 Å². The van der Waals surface area contributed by atoms with Gasteiger partial charge in [0.2, 0.25) is 0 Å². The third-order valence-corrected chi connectivity index (χ3v) is 5.42. The zero-order valence-electron chi connectivity index (χ0n) is 16.9. The number of carbonyl (C=O) groups is 1. The lowest BCUT2D eigenvalue weighted by molar-refractivity contribution is -0.123. The highest BCUT2D eigenvalue weighted by Crippen LogP contribution is 2.38. The number of thioether (sulfide) groups is 1. The molecule has 1 aliphatic rings. The van der Waals surface area contributed by atoms with E-state index < -0.39 is 0 Å². The van der Waals surface area contributed by atoms with E-state index in [-0.39, 0.29) is 24.1 Å². The molecule has 0 atom stereocenters. The van der Waals surface area contributed by atoms with Crippen LogP contribution >= 0.6 is 34.4 Å². The van der Waals surface area contributed by atoms with Crippen LogP contribution in [0.4, 0.5) is 0 Å². The Morgan fingerprint density at radius 3 is 2.37 bits per heavy atom. The molecule has 1 heterocycles. The smallest absolute Gasteiger partial charge is 0.266 e. The molecule has 0 spiro atoms. The molecule has 1 aromatic carbocycles. The van der Waals surface area contributed by atoms with Crippen molar-refractivity contribution < 1.29 is 14.3 Å². The Hall–Kier alpha value is -1.22. The fourth-order valence-electron chi connectivity index (χ4n) is 2.58. The van der Waals surface area contributed by atoms with Crippen molar-refractivity contribution in [2.24, 2.45) is 4.99 Å². The molecule has 0 aliphatic carbocycles. The summed E-state index contributed by atoms with van der Waals surface area (Å²) in [5.41, 5.74) is 0.901. The summed E-state index contributed by atoms with van der Waals surface area (Å²) >= 11 is 3.66. The molecule has 7 heteroatoms. The highest BCUT2D eigenvalue weighted by atomic mass is 127. The van der Waals surface area contributed by atoms with Gasteiger partial charge in [-0.2, -0.15) is 0 Å². The van der Waals surface area contributed by atoms with Gasteiger partial charge in [0.1, 0.15) is 0 Å². The van der Waals surface area contributed by atoms with Crippen molar-refractivity contribution in [2.45, 2.75) is 59.7 Å². The molecule has 2 rings (SSSR count). The highest BCUT2D eigenvalue weighted by Gasteiger charge is 2.35. The Morgan fingerprint density at radius 2 is 1.85 bits per heavy atom. The number of methoxy groups -OCH3 is 1. The molecular weight excluding hydrogens is 475 g/mol. The maximum Gasteiger partial charge on any atom is 0.266 e. The van der Waals surface area contributed by atoms with E-state index in [1.807, 2.05) is 59.8 Å². The fraction of sp³-hybridized carbons (Fsp3) is 0.500. The number of benzene rings is 1. The quantitative estimate of drug-likeness (QED) is 0.398. The van der Waals surface area contributed by atoms with E-state index in [1.54, 1.807) is 12.0 Å². The van der Waals surface area contributed by atoms with Crippen LogP contribution in [0.3, 0.4) is 0 Å². The molecule has 5 nitrogen and oxygen atoms in total. The van der Waals surface area contributed by atoms with E-state index in [2.05, 4.69) is 27.6 Å². The molecule has 148 valence electrons. The first-order valence-electron chi connectivity index (χ1n) is 8.99. The minimum atomic E-state index is -0.00844. The van der Waals surface area contributed by atoms with Crippen LogP contribution in [0, 0.1) is 3.57 Å². The van der Waals surface area contributed by atoms with Crippen molar-refractivity contribution in [2.75, 3.05) is 7.11 Å². The first-order valence-corrected chi connectivity index (χ1v) is 10.9. The number of aliphatic imine (C=N–C) groups is 1. The summed E-state index contributed by atoms with van der Waals surface area (Å²) in [6.07, 6.45) is 1.95. The van der Waals surface area contributed by atoms with Gasteiger partial charge in [0.05, 0.1) is 21.7 Å². The first kappa shape index (κ1) is 22.1. The largest absolute Gasteiger partial charge is 0.493 e. The van der Waals surface area contributed by atoms with E-state index in [0.717, 1.165) is 20.1 Å². The molecule has 0 aromatic heterocycles. The summed E-state index contributed by atoms with van der Waals surface area (Å²) in [6, 6.07) is 4.09. The van der Waals surface area contributed by atoms with Crippen LogP contribution in [-0.4, -0.2) is 41.3 Å². The molecule has 0 N–H and O–H groups in total. The predicted molar refractivity (Wildman–Crippen MR) is 122 cm³/mol. The monoisotopic (exact) mass is 502 g/mol. The predicted octanol–water partition coefficient (Wildman–Crippen LogP) is 5.18. The maximum absolute atomic E-state index is 12.9. The van der Waals surface area contributed by atoms with Gasteiger partial charge >= 0.3 is 0 Å². The fourth-order valence-corrected chi connectivity index (χ4v) is 4.56. The van der Waals surface area contributed by atoms with Crippen LogP contribution in [0.25, 0.3) is 6.08 Å². The lowest BCUT2D eigenvalue weighted by Gasteiger charge is -2.20. The van der Waals surface area contributed by atoms with E-state index >= 15 is 0 Å². The number of carbonyl (C=O) groups excluding carboxylic acids is 1. The van der Waals surface area contributed by atoms with Crippen LogP contribution in [0.1, 0.15) is 47.1 Å². The number of halogens is 1. The molecule has 0 saturated carbocycles. The van der Waals surface area contributed by atoms with Crippen LogP contribution in [-0.2, 0) is 4.79 Å². The Morgan fingerprint density at radius 1 is 1.19 bits per heavy atom. The molecule has 1 aromatic rings. The Labute approximate surface area is 179 Å². The van der Waals surface area contributed by atoms with Gasteiger partial charge in [-0.3, -0.25) is 14.7 Å². The van der Waals surface area contributed by atoms with Crippen molar-refractivity contribution in [3.63, 3.8) is 0 Å². The third kappa shape index (κ3) is 5.40. The van der Waals surface area contributed by atoms with E-state index in [4.69, 9.17) is 9.47 Å². The molecule has 1 amide bonds. The third-order valence-electron chi connectivity index (χ3n) is 3.63. The summed E-state index contributed by atoms with van der Waals surface area (Å²) in [6.45, 7) is 12.0. The molecule has 0 unspecified atom stereocenters. The van der Waals surface area contributed by atoms with E-state index in [9.17, 15) is 4.79 Å². The minimum Gasteiger partial charge on any atom is -0.493 e. The standard InChI is InChI=1S/C20H27IN2O3S/c1-11(2)22-20-23(12(3)4)19(24)17(27-20)10-14-8-15(21)18(26-13(5)6)16(9-14)25-7/h8-13H,1-7H3/b17-10+,22-20?. The maximum atomic E-state index is 12.9. The molecule has 1 aliphatic heterocycles. The summed E-state index contributed by atoms with van der Waals surface area (Å²) in [5.74, 6) is 1.38. The number of hydrogen-bond acceptors (Lipinski definition) is 5. The average Bonchev–Trinajstić information content (AvgIpc) is 2.84. The molecular formula is C20H27IN2O3S.